The molecule has 1 atom stereocenters. The van der Waals surface area contributed by atoms with E-state index >= 15 is 0 Å². The van der Waals surface area contributed by atoms with Gasteiger partial charge >= 0.3 is 12.1 Å². The summed E-state index contributed by atoms with van der Waals surface area (Å²) in [6.45, 7) is 12.9. The fourth-order valence-corrected chi connectivity index (χ4v) is 2.68. The standard InChI is InChI=1S/C21H34N2O4/c1-8-14-9-10-16(22)11-15(14)12-17(13-18(24)26-20(2,3)4)23-19(25)27-21(5,6)7/h9-11,17H,8,12-13,22H2,1-7H3,(H,23,25)/t17-/m0/s1. The van der Waals surface area contributed by atoms with Gasteiger partial charge in [-0.3, -0.25) is 4.79 Å². The molecule has 0 spiro atoms. The Morgan fingerprint density at radius 3 is 2.15 bits per heavy atom. The van der Waals surface area contributed by atoms with Crippen LogP contribution in [0.15, 0.2) is 18.2 Å². The van der Waals surface area contributed by atoms with Crippen molar-refractivity contribution in [3.05, 3.63) is 29.3 Å². The van der Waals surface area contributed by atoms with Gasteiger partial charge in [-0.05, 0) is 77.6 Å². The lowest BCUT2D eigenvalue weighted by atomic mass is 9.96. The zero-order valence-electron chi connectivity index (χ0n) is 17.6. The van der Waals surface area contributed by atoms with E-state index in [1.54, 1.807) is 20.8 Å². The third kappa shape index (κ3) is 9.31. The highest BCUT2D eigenvalue weighted by molar-refractivity contribution is 5.73. The molecule has 0 saturated carbocycles. The van der Waals surface area contributed by atoms with Crippen molar-refractivity contribution < 1.29 is 19.1 Å². The van der Waals surface area contributed by atoms with Crippen molar-refractivity contribution in [2.24, 2.45) is 0 Å². The molecule has 0 saturated heterocycles. The number of carbonyl (C=O) groups excluding carboxylic acids is 2. The molecule has 0 aliphatic heterocycles. The van der Waals surface area contributed by atoms with E-state index in [0.29, 0.717) is 12.1 Å². The van der Waals surface area contributed by atoms with Gasteiger partial charge in [-0.15, -0.1) is 0 Å². The number of amides is 1. The molecule has 0 unspecified atom stereocenters. The van der Waals surface area contributed by atoms with Crippen molar-refractivity contribution in [2.45, 2.75) is 85.0 Å². The summed E-state index contributed by atoms with van der Waals surface area (Å²) in [5.74, 6) is -0.370. The van der Waals surface area contributed by atoms with Gasteiger partial charge < -0.3 is 20.5 Å². The summed E-state index contributed by atoms with van der Waals surface area (Å²) in [4.78, 5) is 24.5. The molecule has 27 heavy (non-hydrogen) atoms. The second-order valence-corrected chi connectivity index (χ2v) is 8.72. The summed E-state index contributed by atoms with van der Waals surface area (Å²) in [6, 6.07) is 5.26. The molecule has 0 aliphatic carbocycles. The second kappa shape index (κ2) is 9.11. The van der Waals surface area contributed by atoms with Gasteiger partial charge in [0.1, 0.15) is 11.2 Å². The summed E-state index contributed by atoms with van der Waals surface area (Å²) < 4.78 is 10.8. The summed E-state index contributed by atoms with van der Waals surface area (Å²) in [6.07, 6.45) is 0.792. The fourth-order valence-electron chi connectivity index (χ4n) is 2.68. The Balaban J connectivity index is 2.98. The number of hydrogen-bond donors (Lipinski definition) is 2. The molecule has 6 heteroatoms. The summed E-state index contributed by atoms with van der Waals surface area (Å²) in [7, 11) is 0. The third-order valence-corrected chi connectivity index (χ3v) is 3.63. The van der Waals surface area contributed by atoms with Gasteiger partial charge in [0.15, 0.2) is 0 Å². The monoisotopic (exact) mass is 378 g/mol. The maximum absolute atomic E-state index is 12.3. The number of ether oxygens (including phenoxy) is 2. The molecular weight excluding hydrogens is 344 g/mol. The van der Waals surface area contributed by atoms with Gasteiger partial charge in [-0.1, -0.05) is 13.0 Å². The predicted molar refractivity (Wildman–Crippen MR) is 108 cm³/mol. The van der Waals surface area contributed by atoms with E-state index in [4.69, 9.17) is 15.2 Å². The van der Waals surface area contributed by atoms with E-state index in [0.717, 1.165) is 17.5 Å². The van der Waals surface area contributed by atoms with Crippen LogP contribution in [0.2, 0.25) is 0 Å². The molecule has 152 valence electrons. The minimum atomic E-state index is -0.619. The predicted octanol–water partition coefficient (Wildman–Crippen LogP) is 4.00. The molecule has 1 aromatic carbocycles. The number of aryl methyl sites for hydroxylation is 1. The van der Waals surface area contributed by atoms with Crippen LogP contribution in [0.25, 0.3) is 0 Å². The molecule has 0 heterocycles. The second-order valence-electron chi connectivity index (χ2n) is 8.72. The van der Waals surface area contributed by atoms with Crippen molar-refractivity contribution in [1.82, 2.24) is 5.32 Å². The Morgan fingerprint density at radius 1 is 1.04 bits per heavy atom. The molecule has 1 aromatic rings. The van der Waals surface area contributed by atoms with Gasteiger partial charge in [0.25, 0.3) is 0 Å². The van der Waals surface area contributed by atoms with Crippen LogP contribution in [-0.4, -0.2) is 29.3 Å². The highest BCUT2D eigenvalue weighted by Crippen LogP contribution is 2.19. The minimum absolute atomic E-state index is 0.0501. The van der Waals surface area contributed by atoms with Crippen molar-refractivity contribution in [3.8, 4) is 0 Å². The number of esters is 1. The molecule has 0 radical (unpaired) electrons. The third-order valence-electron chi connectivity index (χ3n) is 3.63. The number of nitrogens with two attached hydrogens (primary N) is 1. The SMILES string of the molecule is CCc1ccc(N)cc1C[C@@H](CC(=O)OC(C)(C)C)NC(=O)OC(C)(C)C. The van der Waals surface area contributed by atoms with E-state index in [-0.39, 0.29) is 12.4 Å². The van der Waals surface area contributed by atoms with E-state index in [1.807, 2.05) is 39.0 Å². The number of alkyl carbamates (subject to hydrolysis) is 1. The van der Waals surface area contributed by atoms with Gasteiger partial charge in [0, 0.05) is 11.7 Å². The number of benzene rings is 1. The fraction of sp³-hybridized carbons (Fsp3) is 0.619. The van der Waals surface area contributed by atoms with Crippen LogP contribution in [0.3, 0.4) is 0 Å². The molecule has 0 aromatic heterocycles. The molecule has 0 bridgehead atoms. The Bertz CT molecular complexity index is 627. The van der Waals surface area contributed by atoms with E-state index in [9.17, 15) is 9.59 Å². The molecule has 3 N–H and O–H groups in total. The van der Waals surface area contributed by atoms with Crippen molar-refractivity contribution in [3.63, 3.8) is 0 Å². The average molecular weight is 379 g/mol. The lowest BCUT2D eigenvalue weighted by molar-refractivity contribution is -0.155. The maximum Gasteiger partial charge on any atom is 0.407 e. The number of nitrogen functional groups attached to an aromatic ring is 1. The number of nitrogens with one attached hydrogen (secondary N) is 1. The van der Waals surface area contributed by atoms with Gasteiger partial charge in [0.2, 0.25) is 0 Å². The van der Waals surface area contributed by atoms with Gasteiger partial charge in [-0.2, -0.15) is 0 Å². The number of hydrogen-bond acceptors (Lipinski definition) is 5. The molecule has 0 aliphatic rings. The maximum atomic E-state index is 12.3. The first-order valence-corrected chi connectivity index (χ1v) is 9.37. The number of rotatable bonds is 6. The zero-order valence-corrected chi connectivity index (χ0v) is 17.6. The van der Waals surface area contributed by atoms with Gasteiger partial charge in [-0.25, -0.2) is 4.79 Å². The van der Waals surface area contributed by atoms with Crippen LogP contribution >= 0.6 is 0 Å². The average Bonchev–Trinajstić information content (AvgIpc) is 2.42. The van der Waals surface area contributed by atoms with Crippen LogP contribution in [-0.2, 0) is 27.1 Å². The largest absolute Gasteiger partial charge is 0.460 e. The van der Waals surface area contributed by atoms with Crippen molar-refractivity contribution in [2.75, 3.05) is 5.73 Å². The zero-order chi connectivity index (χ0) is 20.8. The van der Waals surface area contributed by atoms with E-state index in [1.165, 1.54) is 0 Å². The molecule has 1 amide bonds. The number of carbonyl (C=O) groups is 2. The summed E-state index contributed by atoms with van der Waals surface area (Å²) in [5.41, 5.74) is 7.50. The first kappa shape index (κ1) is 22.8. The topological polar surface area (TPSA) is 90.7 Å². The highest BCUT2D eigenvalue weighted by atomic mass is 16.6. The molecule has 0 fully saturated rings. The molecule has 1 rings (SSSR count). The quantitative estimate of drug-likeness (QED) is 0.577. The minimum Gasteiger partial charge on any atom is -0.460 e. The van der Waals surface area contributed by atoms with Crippen LogP contribution in [0.1, 0.15) is 66.0 Å². The Hall–Kier alpha value is -2.24. The Labute approximate surface area is 162 Å². The van der Waals surface area contributed by atoms with Crippen LogP contribution < -0.4 is 11.1 Å². The lowest BCUT2D eigenvalue weighted by Gasteiger charge is -2.25. The van der Waals surface area contributed by atoms with Crippen molar-refractivity contribution in [1.29, 1.82) is 0 Å². The lowest BCUT2D eigenvalue weighted by Crippen LogP contribution is -2.42. The molecular formula is C21H34N2O4. The smallest absolute Gasteiger partial charge is 0.407 e. The van der Waals surface area contributed by atoms with Crippen LogP contribution in [0.4, 0.5) is 10.5 Å². The van der Waals surface area contributed by atoms with Crippen LogP contribution in [0.5, 0.6) is 0 Å². The Morgan fingerprint density at radius 2 is 1.63 bits per heavy atom. The first-order valence-electron chi connectivity index (χ1n) is 9.37. The normalized spacial score (nSPS) is 13.0. The van der Waals surface area contributed by atoms with E-state index in [2.05, 4.69) is 12.2 Å². The highest BCUT2D eigenvalue weighted by Gasteiger charge is 2.25. The molecule has 6 nitrogen and oxygen atoms in total. The Kier molecular flexibility index (Phi) is 7.69. The first-order chi connectivity index (χ1) is 12.3. The number of anilines is 1. The van der Waals surface area contributed by atoms with Crippen LogP contribution in [0, 0.1) is 0 Å². The summed E-state index contributed by atoms with van der Waals surface area (Å²) in [5, 5.41) is 2.81. The van der Waals surface area contributed by atoms with E-state index < -0.39 is 23.3 Å². The van der Waals surface area contributed by atoms with Gasteiger partial charge in [0.05, 0.1) is 6.42 Å². The van der Waals surface area contributed by atoms with Crippen molar-refractivity contribution >= 4 is 17.7 Å². The summed E-state index contributed by atoms with van der Waals surface area (Å²) >= 11 is 0.